The fourth-order valence-electron chi connectivity index (χ4n) is 0.535. The molecule has 0 heterocycles. The molecule has 0 saturated heterocycles. The van der Waals surface area contributed by atoms with Gasteiger partial charge < -0.3 is 5.11 Å². The van der Waals surface area contributed by atoms with Crippen molar-refractivity contribution >= 4 is 6.29 Å². The highest BCUT2D eigenvalue weighted by atomic mass is 16.3. The van der Waals surface area contributed by atoms with E-state index in [-0.39, 0.29) is 11.3 Å². The quantitative estimate of drug-likeness (QED) is 0.563. The van der Waals surface area contributed by atoms with Gasteiger partial charge in [-0.15, -0.1) is 0 Å². The number of carbonyl (C=O) groups excluding carboxylic acids is 1. The van der Waals surface area contributed by atoms with E-state index in [4.69, 9.17) is 5.11 Å². The monoisotopic (exact) mass is 121 g/mol. The summed E-state index contributed by atoms with van der Waals surface area (Å²) in [4.78, 5) is 10.0. The van der Waals surface area contributed by atoms with Crippen molar-refractivity contribution in [2.24, 2.45) is 0 Å². The Morgan fingerprint density at radius 1 is 1.67 bits per heavy atom. The number of hydrogen-bond donors (Lipinski definition) is 1. The smallest absolute Gasteiger partial charge is 0.154 e. The van der Waals surface area contributed by atoms with Gasteiger partial charge in [-0.3, -0.25) is 4.79 Å². The Kier molecular flexibility index (Phi) is 1.49. The molecule has 0 fully saturated rings. The summed E-state index contributed by atoms with van der Waals surface area (Å²) in [5.41, 5.74) is 0.206. The van der Waals surface area contributed by atoms with E-state index in [0.717, 1.165) is 0 Å². The van der Waals surface area contributed by atoms with E-state index >= 15 is 0 Å². The van der Waals surface area contributed by atoms with Gasteiger partial charge in [0.05, 0.1) is 5.56 Å². The summed E-state index contributed by atoms with van der Waals surface area (Å²) in [7, 11) is 0. The van der Waals surface area contributed by atoms with Gasteiger partial charge in [-0.25, -0.2) is 0 Å². The van der Waals surface area contributed by atoms with E-state index in [2.05, 4.69) is 6.07 Å². The Labute approximate surface area is 52.8 Å². The number of phenols is 1. The van der Waals surface area contributed by atoms with Gasteiger partial charge in [0.15, 0.2) is 6.29 Å². The second-order valence-electron chi connectivity index (χ2n) is 1.59. The zero-order valence-corrected chi connectivity index (χ0v) is 4.66. The van der Waals surface area contributed by atoms with Crippen molar-refractivity contribution in [3.05, 3.63) is 29.8 Å². The SMILES string of the molecule is O=Cc1[c]cccc1O. The molecule has 1 radical (unpaired) electrons. The molecule has 0 aromatic heterocycles. The van der Waals surface area contributed by atoms with E-state index in [1.807, 2.05) is 0 Å². The highest BCUT2D eigenvalue weighted by molar-refractivity contribution is 5.78. The molecule has 0 amide bonds. The number of benzene rings is 1. The molecule has 9 heavy (non-hydrogen) atoms. The van der Waals surface area contributed by atoms with Crippen LogP contribution in [0.25, 0.3) is 0 Å². The second kappa shape index (κ2) is 2.31. The number of phenolic OH excluding ortho intramolecular Hbond substituents is 1. The Morgan fingerprint density at radius 3 is 2.89 bits per heavy atom. The highest BCUT2D eigenvalue weighted by Gasteiger charge is 1.93. The molecule has 1 N–H and O–H groups in total. The Hall–Kier alpha value is -1.31. The van der Waals surface area contributed by atoms with Crippen LogP contribution < -0.4 is 0 Å². The van der Waals surface area contributed by atoms with Crippen molar-refractivity contribution in [3.63, 3.8) is 0 Å². The van der Waals surface area contributed by atoms with Crippen molar-refractivity contribution in [1.82, 2.24) is 0 Å². The Morgan fingerprint density at radius 2 is 2.44 bits per heavy atom. The molecule has 1 aromatic rings. The first-order chi connectivity index (χ1) is 4.34. The summed E-state index contributed by atoms with van der Waals surface area (Å²) in [5.74, 6) is -0.0208. The van der Waals surface area contributed by atoms with Crippen LogP contribution in [0.2, 0.25) is 0 Å². The van der Waals surface area contributed by atoms with E-state index in [1.165, 1.54) is 6.07 Å². The summed E-state index contributed by atoms with van der Waals surface area (Å²) >= 11 is 0. The van der Waals surface area contributed by atoms with Crippen LogP contribution in [-0.2, 0) is 0 Å². The molecule has 1 aromatic carbocycles. The summed E-state index contributed by atoms with van der Waals surface area (Å²) in [6, 6.07) is 7.20. The highest BCUT2D eigenvalue weighted by Crippen LogP contribution is 2.11. The zero-order chi connectivity index (χ0) is 6.69. The normalized spacial score (nSPS) is 8.89. The molecule has 1 rings (SSSR count). The summed E-state index contributed by atoms with van der Waals surface area (Å²) in [5, 5.41) is 8.85. The zero-order valence-electron chi connectivity index (χ0n) is 4.66. The first kappa shape index (κ1) is 5.82. The van der Waals surface area contributed by atoms with Crippen molar-refractivity contribution < 1.29 is 9.90 Å². The summed E-state index contributed by atoms with van der Waals surface area (Å²) < 4.78 is 0. The van der Waals surface area contributed by atoms with Crippen molar-refractivity contribution in [3.8, 4) is 5.75 Å². The van der Waals surface area contributed by atoms with Crippen molar-refractivity contribution in [1.29, 1.82) is 0 Å². The van der Waals surface area contributed by atoms with Gasteiger partial charge in [-0.1, -0.05) is 12.1 Å². The van der Waals surface area contributed by atoms with Gasteiger partial charge in [0, 0.05) is 0 Å². The topological polar surface area (TPSA) is 37.3 Å². The van der Waals surface area contributed by atoms with Gasteiger partial charge in [0.25, 0.3) is 0 Å². The predicted molar refractivity (Wildman–Crippen MR) is 32.3 cm³/mol. The minimum atomic E-state index is -0.0208. The van der Waals surface area contributed by atoms with Crippen LogP contribution in [0.3, 0.4) is 0 Å². The van der Waals surface area contributed by atoms with Gasteiger partial charge in [0.1, 0.15) is 5.75 Å². The third kappa shape index (κ3) is 1.08. The lowest BCUT2D eigenvalue weighted by Crippen LogP contribution is -1.78. The molecule has 0 spiro atoms. The second-order valence-corrected chi connectivity index (χ2v) is 1.59. The molecule has 0 unspecified atom stereocenters. The number of aromatic hydroxyl groups is 1. The first-order valence-corrected chi connectivity index (χ1v) is 2.49. The fraction of sp³-hybridized carbons (Fsp3) is 0. The van der Waals surface area contributed by atoms with Gasteiger partial charge >= 0.3 is 0 Å². The van der Waals surface area contributed by atoms with Gasteiger partial charge in [-0.2, -0.15) is 0 Å². The molecular weight excluding hydrogens is 116 g/mol. The van der Waals surface area contributed by atoms with E-state index < -0.39 is 0 Å². The predicted octanol–water partition coefficient (Wildman–Crippen LogP) is 1.00. The minimum absolute atomic E-state index is 0.0208. The van der Waals surface area contributed by atoms with E-state index in [1.54, 1.807) is 12.1 Å². The molecule has 0 aliphatic rings. The molecule has 45 valence electrons. The Balaban J connectivity index is 3.15. The minimum Gasteiger partial charge on any atom is -0.507 e. The molecule has 0 saturated carbocycles. The molecule has 0 aliphatic carbocycles. The lowest BCUT2D eigenvalue weighted by Gasteiger charge is -1.90. The number of carbonyl (C=O) groups is 1. The lowest BCUT2D eigenvalue weighted by atomic mass is 10.2. The van der Waals surface area contributed by atoms with Crippen LogP contribution in [0.1, 0.15) is 10.4 Å². The molecule has 0 aliphatic heterocycles. The van der Waals surface area contributed by atoms with Crippen LogP contribution in [0.5, 0.6) is 5.75 Å². The molecule has 0 atom stereocenters. The third-order valence-corrected chi connectivity index (χ3v) is 0.983. The molecular formula is C7H5O2. The van der Waals surface area contributed by atoms with Gasteiger partial charge in [0.2, 0.25) is 0 Å². The maximum absolute atomic E-state index is 10.0. The average Bonchev–Trinajstić information content (AvgIpc) is 1.89. The molecule has 2 nitrogen and oxygen atoms in total. The maximum Gasteiger partial charge on any atom is 0.154 e. The third-order valence-electron chi connectivity index (χ3n) is 0.983. The average molecular weight is 121 g/mol. The van der Waals surface area contributed by atoms with Crippen LogP contribution in [0.4, 0.5) is 0 Å². The summed E-state index contributed by atoms with van der Waals surface area (Å²) in [6.07, 6.45) is 0.565. The van der Waals surface area contributed by atoms with Crippen molar-refractivity contribution in [2.45, 2.75) is 0 Å². The largest absolute Gasteiger partial charge is 0.507 e. The van der Waals surface area contributed by atoms with E-state index in [0.29, 0.717) is 6.29 Å². The Bertz CT molecular complexity index is 218. The molecule has 2 heteroatoms. The standard InChI is InChI=1S/C7H5O2/c8-5-6-3-1-2-4-7(6)9/h1-2,4-5,9H. The number of rotatable bonds is 1. The van der Waals surface area contributed by atoms with Crippen molar-refractivity contribution in [2.75, 3.05) is 0 Å². The fourth-order valence-corrected chi connectivity index (χ4v) is 0.535. The van der Waals surface area contributed by atoms with Crippen LogP contribution in [-0.4, -0.2) is 11.4 Å². The number of hydrogen-bond acceptors (Lipinski definition) is 2. The first-order valence-electron chi connectivity index (χ1n) is 2.49. The summed E-state index contributed by atoms with van der Waals surface area (Å²) in [6.45, 7) is 0. The number of aldehydes is 1. The van der Waals surface area contributed by atoms with Crippen LogP contribution >= 0.6 is 0 Å². The van der Waals surface area contributed by atoms with Crippen LogP contribution in [0.15, 0.2) is 18.2 Å². The molecule has 0 bridgehead atoms. The lowest BCUT2D eigenvalue weighted by molar-refractivity contribution is 0.112. The maximum atomic E-state index is 10.0. The van der Waals surface area contributed by atoms with Crippen LogP contribution in [0, 0.1) is 6.07 Å². The van der Waals surface area contributed by atoms with E-state index in [9.17, 15) is 4.79 Å². The van der Waals surface area contributed by atoms with Gasteiger partial charge in [-0.05, 0) is 12.1 Å².